The molecule has 20 heavy (non-hydrogen) atoms. The first-order valence-corrected chi connectivity index (χ1v) is 5.91. The number of halogens is 2. The number of aromatic nitrogens is 1. The molecule has 1 aromatic carbocycles. The van der Waals surface area contributed by atoms with Gasteiger partial charge in [-0.1, -0.05) is 0 Å². The van der Waals surface area contributed by atoms with Crippen LogP contribution in [0, 0.1) is 18.6 Å². The predicted molar refractivity (Wildman–Crippen MR) is 72.8 cm³/mol. The summed E-state index contributed by atoms with van der Waals surface area (Å²) in [7, 11) is 1.40. The number of amides is 1. The van der Waals surface area contributed by atoms with Gasteiger partial charge in [0.15, 0.2) is 0 Å². The number of benzene rings is 1. The Hall–Kier alpha value is -2.50. The molecule has 4 nitrogen and oxygen atoms in total. The van der Waals surface area contributed by atoms with E-state index >= 15 is 0 Å². The highest BCUT2D eigenvalue weighted by Gasteiger charge is 2.15. The van der Waals surface area contributed by atoms with E-state index in [1.807, 2.05) is 0 Å². The zero-order valence-corrected chi connectivity index (χ0v) is 11.0. The molecule has 0 fully saturated rings. The summed E-state index contributed by atoms with van der Waals surface area (Å²) in [5.74, 6) is -2.21. The summed E-state index contributed by atoms with van der Waals surface area (Å²) >= 11 is 0. The average Bonchev–Trinajstić information content (AvgIpc) is 2.41. The van der Waals surface area contributed by atoms with Crippen molar-refractivity contribution in [2.45, 2.75) is 6.92 Å². The molecule has 0 spiro atoms. The third kappa shape index (κ3) is 2.74. The molecule has 0 aliphatic rings. The Morgan fingerprint density at radius 3 is 2.45 bits per heavy atom. The second-order valence-corrected chi connectivity index (χ2v) is 4.21. The topological polar surface area (TPSA) is 54.0 Å². The molecule has 0 saturated heterocycles. The minimum Gasteiger partial charge on any atom is -0.383 e. The van der Waals surface area contributed by atoms with Crippen molar-refractivity contribution < 1.29 is 13.6 Å². The largest absolute Gasteiger partial charge is 0.383 e. The molecule has 2 N–H and O–H groups in total. The summed E-state index contributed by atoms with van der Waals surface area (Å²) in [4.78, 5) is 15.9. The third-order valence-electron chi connectivity index (χ3n) is 2.82. The molecular formula is C14H13F2N3O. The van der Waals surface area contributed by atoms with Gasteiger partial charge in [0.25, 0.3) is 5.91 Å². The van der Waals surface area contributed by atoms with Gasteiger partial charge in [0, 0.05) is 30.7 Å². The van der Waals surface area contributed by atoms with E-state index < -0.39 is 17.5 Å². The number of hydrogen-bond donors (Lipinski definition) is 2. The van der Waals surface area contributed by atoms with Crippen LogP contribution >= 0.6 is 0 Å². The predicted octanol–water partition coefficient (Wildman–Crippen LogP) is 2.96. The van der Waals surface area contributed by atoms with Gasteiger partial charge in [-0.05, 0) is 30.7 Å². The molecule has 0 radical (unpaired) electrons. The summed E-state index contributed by atoms with van der Waals surface area (Å²) < 4.78 is 27.2. The van der Waals surface area contributed by atoms with Gasteiger partial charge in [-0.2, -0.15) is 0 Å². The van der Waals surface area contributed by atoms with Gasteiger partial charge in [0.1, 0.15) is 17.3 Å². The maximum Gasteiger partial charge on any atom is 0.255 e. The lowest BCUT2D eigenvalue weighted by molar-refractivity contribution is 0.102. The molecule has 0 unspecified atom stereocenters. The van der Waals surface area contributed by atoms with Gasteiger partial charge < -0.3 is 10.6 Å². The highest BCUT2D eigenvalue weighted by Crippen LogP contribution is 2.21. The van der Waals surface area contributed by atoms with Gasteiger partial charge in [0.2, 0.25) is 0 Å². The van der Waals surface area contributed by atoms with Gasteiger partial charge in [-0.25, -0.2) is 8.78 Å². The van der Waals surface area contributed by atoms with Crippen molar-refractivity contribution in [3.63, 3.8) is 0 Å². The molecule has 1 aromatic heterocycles. The minimum absolute atomic E-state index is 0.0878. The quantitative estimate of drug-likeness (QED) is 0.907. The average molecular weight is 277 g/mol. The first-order valence-electron chi connectivity index (χ1n) is 5.91. The molecule has 1 amide bonds. The third-order valence-corrected chi connectivity index (χ3v) is 2.82. The Balaban J connectivity index is 2.29. The number of carbonyl (C=O) groups excluding carboxylic acids is 1. The van der Waals surface area contributed by atoms with Crippen LogP contribution in [0.4, 0.5) is 20.2 Å². The van der Waals surface area contributed by atoms with E-state index in [0.29, 0.717) is 5.69 Å². The number of rotatable bonds is 3. The van der Waals surface area contributed by atoms with Crippen molar-refractivity contribution in [1.82, 2.24) is 4.98 Å². The Morgan fingerprint density at radius 1 is 1.25 bits per heavy atom. The lowest BCUT2D eigenvalue weighted by Crippen LogP contribution is -2.14. The summed E-state index contributed by atoms with van der Waals surface area (Å²) in [6.07, 6.45) is 3.11. The van der Waals surface area contributed by atoms with Crippen LogP contribution in [0.5, 0.6) is 0 Å². The van der Waals surface area contributed by atoms with E-state index in [1.54, 1.807) is 19.2 Å². The second-order valence-electron chi connectivity index (χ2n) is 4.21. The molecule has 0 aliphatic heterocycles. The van der Waals surface area contributed by atoms with Gasteiger partial charge >= 0.3 is 0 Å². The number of nitrogens with one attached hydrogen (secondary N) is 2. The van der Waals surface area contributed by atoms with Crippen LogP contribution in [0.3, 0.4) is 0 Å². The van der Waals surface area contributed by atoms with Crippen molar-refractivity contribution in [2.75, 3.05) is 17.7 Å². The molecule has 0 aliphatic carbocycles. The summed E-state index contributed by atoms with van der Waals surface area (Å²) in [5.41, 5.74) is 0.953. The Labute approximate surface area is 114 Å². The van der Waals surface area contributed by atoms with Crippen molar-refractivity contribution in [3.8, 4) is 0 Å². The van der Waals surface area contributed by atoms with Crippen LogP contribution in [0.25, 0.3) is 0 Å². The maximum atomic E-state index is 13.6. The fourth-order valence-corrected chi connectivity index (χ4v) is 1.75. The number of aryl methyl sites for hydroxylation is 1. The van der Waals surface area contributed by atoms with E-state index in [-0.39, 0.29) is 11.3 Å². The standard InChI is InChI=1S/C14H13F2N3O/c1-8-7-18-4-3-12(8)19-14(20)9-5-10(15)13(17-2)11(16)6-9/h3-7,17H,1-2H3,(H,18,19,20). The van der Waals surface area contributed by atoms with Crippen molar-refractivity contribution >= 4 is 17.3 Å². The first kappa shape index (κ1) is 13.9. The number of pyridine rings is 1. The van der Waals surface area contributed by atoms with Gasteiger partial charge in [0.05, 0.1) is 0 Å². The number of carbonyl (C=O) groups is 1. The van der Waals surface area contributed by atoms with Crippen LogP contribution in [0.2, 0.25) is 0 Å². The minimum atomic E-state index is -0.816. The lowest BCUT2D eigenvalue weighted by atomic mass is 10.1. The Kier molecular flexibility index (Phi) is 3.93. The highest BCUT2D eigenvalue weighted by molar-refractivity contribution is 6.04. The SMILES string of the molecule is CNc1c(F)cc(C(=O)Nc2ccncc2C)cc1F. The highest BCUT2D eigenvalue weighted by atomic mass is 19.1. The number of nitrogens with zero attached hydrogens (tertiary/aromatic N) is 1. The molecule has 0 saturated carbocycles. The van der Waals surface area contributed by atoms with E-state index in [1.165, 1.54) is 13.2 Å². The van der Waals surface area contributed by atoms with Crippen LogP contribution in [0.1, 0.15) is 15.9 Å². The van der Waals surface area contributed by atoms with E-state index in [0.717, 1.165) is 17.7 Å². The van der Waals surface area contributed by atoms with Gasteiger partial charge in [-0.15, -0.1) is 0 Å². The van der Waals surface area contributed by atoms with Gasteiger partial charge in [-0.3, -0.25) is 9.78 Å². The molecule has 1 heterocycles. The summed E-state index contributed by atoms with van der Waals surface area (Å²) in [5, 5.41) is 4.98. The van der Waals surface area contributed by atoms with Crippen LogP contribution in [0.15, 0.2) is 30.6 Å². The van der Waals surface area contributed by atoms with Crippen LogP contribution in [-0.2, 0) is 0 Å². The van der Waals surface area contributed by atoms with Crippen LogP contribution in [-0.4, -0.2) is 17.9 Å². The maximum absolute atomic E-state index is 13.6. The van der Waals surface area contributed by atoms with Crippen LogP contribution < -0.4 is 10.6 Å². The smallest absolute Gasteiger partial charge is 0.255 e. The fourth-order valence-electron chi connectivity index (χ4n) is 1.75. The molecule has 2 rings (SSSR count). The number of hydrogen-bond acceptors (Lipinski definition) is 3. The zero-order valence-electron chi connectivity index (χ0n) is 11.0. The molecule has 0 bridgehead atoms. The van der Waals surface area contributed by atoms with E-state index in [4.69, 9.17) is 0 Å². The molecule has 6 heteroatoms. The molecule has 0 atom stereocenters. The second kappa shape index (κ2) is 5.64. The molecule has 104 valence electrons. The van der Waals surface area contributed by atoms with Crippen molar-refractivity contribution in [3.05, 3.63) is 53.4 Å². The van der Waals surface area contributed by atoms with E-state index in [9.17, 15) is 13.6 Å². The fraction of sp³-hybridized carbons (Fsp3) is 0.143. The Morgan fingerprint density at radius 2 is 1.90 bits per heavy atom. The van der Waals surface area contributed by atoms with E-state index in [2.05, 4.69) is 15.6 Å². The first-order chi connectivity index (χ1) is 9.52. The normalized spacial score (nSPS) is 10.2. The number of anilines is 2. The van der Waals surface area contributed by atoms with Crippen molar-refractivity contribution in [2.24, 2.45) is 0 Å². The molecule has 2 aromatic rings. The Bertz CT molecular complexity index is 636. The zero-order chi connectivity index (χ0) is 14.7. The summed E-state index contributed by atoms with van der Waals surface area (Å²) in [6, 6.07) is 3.59. The summed E-state index contributed by atoms with van der Waals surface area (Å²) in [6.45, 7) is 1.77. The molecular weight excluding hydrogens is 264 g/mol. The van der Waals surface area contributed by atoms with Crippen molar-refractivity contribution in [1.29, 1.82) is 0 Å². The lowest BCUT2D eigenvalue weighted by Gasteiger charge is -2.10. The monoisotopic (exact) mass is 277 g/mol.